The van der Waals surface area contributed by atoms with Crippen LogP contribution in [0.5, 0.6) is 0 Å². The van der Waals surface area contributed by atoms with Gasteiger partial charge in [-0.1, -0.05) is 19.9 Å². The monoisotopic (exact) mass is 216 g/mol. The quantitative estimate of drug-likeness (QED) is 0.750. The van der Waals surface area contributed by atoms with Crippen LogP contribution in [0.1, 0.15) is 42.5 Å². The van der Waals surface area contributed by atoms with Crippen molar-refractivity contribution in [3.05, 3.63) is 34.9 Å². The van der Waals surface area contributed by atoms with E-state index in [0.29, 0.717) is 11.5 Å². The number of nitrogens with zero attached hydrogens (tertiary/aromatic N) is 1. The van der Waals surface area contributed by atoms with Crippen LogP contribution in [-0.2, 0) is 0 Å². The standard InChI is InChI=1S/C13H16N2O/c1-7(2)11-10-5-8(6-14)3-4-9(10)12(15)13(11)16/h3-5,7,11-13,16H,15H2,1-2H3. The molecular formula is C13H16N2O. The van der Waals surface area contributed by atoms with E-state index in [4.69, 9.17) is 11.0 Å². The van der Waals surface area contributed by atoms with Gasteiger partial charge in [0.25, 0.3) is 0 Å². The zero-order valence-corrected chi connectivity index (χ0v) is 9.51. The fourth-order valence-corrected chi connectivity index (χ4v) is 2.58. The van der Waals surface area contributed by atoms with Crippen molar-refractivity contribution in [2.75, 3.05) is 0 Å². The van der Waals surface area contributed by atoms with Crippen LogP contribution in [-0.4, -0.2) is 11.2 Å². The Labute approximate surface area is 95.5 Å². The Bertz CT molecular complexity index is 448. The van der Waals surface area contributed by atoms with Crippen molar-refractivity contribution in [2.24, 2.45) is 11.7 Å². The maximum absolute atomic E-state index is 10.1. The summed E-state index contributed by atoms with van der Waals surface area (Å²) < 4.78 is 0. The summed E-state index contributed by atoms with van der Waals surface area (Å²) in [6, 6.07) is 7.28. The molecule has 0 saturated heterocycles. The Morgan fingerprint density at radius 2 is 2.06 bits per heavy atom. The number of hydrogen-bond acceptors (Lipinski definition) is 3. The topological polar surface area (TPSA) is 70.0 Å². The van der Waals surface area contributed by atoms with Gasteiger partial charge in [-0.2, -0.15) is 5.26 Å². The molecule has 3 atom stereocenters. The number of rotatable bonds is 1. The summed E-state index contributed by atoms with van der Waals surface area (Å²) in [6.45, 7) is 4.13. The third-order valence-corrected chi connectivity index (χ3v) is 3.39. The lowest BCUT2D eigenvalue weighted by Gasteiger charge is -2.21. The van der Waals surface area contributed by atoms with Crippen molar-refractivity contribution in [2.45, 2.75) is 31.9 Å². The minimum Gasteiger partial charge on any atom is -0.391 e. The zero-order valence-electron chi connectivity index (χ0n) is 9.51. The molecule has 0 aromatic heterocycles. The third-order valence-electron chi connectivity index (χ3n) is 3.39. The molecule has 3 nitrogen and oxygen atoms in total. The van der Waals surface area contributed by atoms with Gasteiger partial charge >= 0.3 is 0 Å². The largest absolute Gasteiger partial charge is 0.391 e. The molecule has 3 unspecified atom stereocenters. The second kappa shape index (κ2) is 3.89. The van der Waals surface area contributed by atoms with Gasteiger partial charge in [-0.3, -0.25) is 0 Å². The van der Waals surface area contributed by atoms with Crippen LogP contribution in [0.4, 0.5) is 0 Å². The smallest absolute Gasteiger partial charge is 0.0991 e. The molecule has 3 N–H and O–H groups in total. The molecule has 0 heterocycles. The van der Waals surface area contributed by atoms with E-state index in [1.54, 1.807) is 6.07 Å². The fourth-order valence-electron chi connectivity index (χ4n) is 2.58. The Balaban J connectivity index is 2.54. The molecule has 1 aromatic rings. The fraction of sp³-hybridized carbons (Fsp3) is 0.462. The number of aliphatic hydroxyl groups excluding tert-OH is 1. The SMILES string of the molecule is CC(C)C1c2cc(C#N)ccc2C(N)C1O. The van der Waals surface area contributed by atoms with Crippen LogP contribution >= 0.6 is 0 Å². The van der Waals surface area contributed by atoms with Crippen LogP contribution in [0.15, 0.2) is 18.2 Å². The zero-order chi connectivity index (χ0) is 11.9. The minimum atomic E-state index is -0.538. The van der Waals surface area contributed by atoms with E-state index >= 15 is 0 Å². The van der Waals surface area contributed by atoms with E-state index in [2.05, 4.69) is 19.9 Å². The number of fused-ring (bicyclic) bond motifs is 1. The Kier molecular flexibility index (Phi) is 2.71. The lowest BCUT2D eigenvalue weighted by atomic mass is 9.88. The van der Waals surface area contributed by atoms with Gasteiger partial charge in [-0.15, -0.1) is 0 Å². The summed E-state index contributed by atoms with van der Waals surface area (Å²) in [5.74, 6) is 0.356. The number of nitriles is 1. The maximum Gasteiger partial charge on any atom is 0.0991 e. The van der Waals surface area contributed by atoms with Gasteiger partial charge in [-0.05, 0) is 29.2 Å². The van der Waals surface area contributed by atoms with E-state index in [1.807, 2.05) is 12.1 Å². The molecule has 0 aliphatic heterocycles. The molecule has 0 amide bonds. The molecule has 1 aromatic carbocycles. The number of aliphatic hydroxyl groups is 1. The highest BCUT2D eigenvalue weighted by atomic mass is 16.3. The summed E-state index contributed by atoms with van der Waals surface area (Å²) in [5, 5.41) is 19.0. The first-order valence-corrected chi connectivity index (χ1v) is 5.54. The number of hydrogen-bond donors (Lipinski definition) is 2. The van der Waals surface area contributed by atoms with Crippen molar-refractivity contribution in [1.82, 2.24) is 0 Å². The second-order valence-corrected chi connectivity index (χ2v) is 4.74. The number of benzene rings is 1. The molecule has 3 heteroatoms. The average molecular weight is 216 g/mol. The normalized spacial score (nSPS) is 27.9. The molecule has 2 rings (SSSR count). The van der Waals surface area contributed by atoms with Gasteiger partial charge < -0.3 is 10.8 Å². The van der Waals surface area contributed by atoms with Crippen molar-refractivity contribution in [3.8, 4) is 6.07 Å². The van der Waals surface area contributed by atoms with Gasteiger partial charge in [-0.25, -0.2) is 0 Å². The first-order valence-electron chi connectivity index (χ1n) is 5.54. The van der Waals surface area contributed by atoms with E-state index in [9.17, 15) is 5.11 Å². The minimum absolute atomic E-state index is 0.0401. The van der Waals surface area contributed by atoms with Gasteiger partial charge in [0, 0.05) is 5.92 Å². The summed E-state index contributed by atoms with van der Waals surface area (Å²) >= 11 is 0. The first kappa shape index (κ1) is 11.1. The van der Waals surface area contributed by atoms with Crippen molar-refractivity contribution >= 4 is 0 Å². The first-order chi connectivity index (χ1) is 7.56. The van der Waals surface area contributed by atoms with E-state index < -0.39 is 6.10 Å². The van der Waals surface area contributed by atoms with Gasteiger partial charge in [0.1, 0.15) is 0 Å². The molecule has 0 spiro atoms. The summed E-state index contributed by atoms with van der Waals surface area (Å²) in [5.41, 5.74) is 8.62. The molecule has 0 saturated carbocycles. The Morgan fingerprint density at radius 3 is 2.62 bits per heavy atom. The summed E-state index contributed by atoms with van der Waals surface area (Å²) in [6.07, 6.45) is -0.538. The summed E-state index contributed by atoms with van der Waals surface area (Å²) in [4.78, 5) is 0. The molecule has 1 aliphatic carbocycles. The molecule has 84 valence electrons. The van der Waals surface area contributed by atoms with Gasteiger partial charge in [0.2, 0.25) is 0 Å². The van der Waals surface area contributed by atoms with Crippen LogP contribution < -0.4 is 5.73 Å². The lowest BCUT2D eigenvalue weighted by molar-refractivity contribution is 0.112. The molecule has 1 aliphatic rings. The Hall–Kier alpha value is -1.37. The highest BCUT2D eigenvalue weighted by molar-refractivity contribution is 5.46. The predicted octanol–water partition coefficient (Wildman–Crippen LogP) is 1.67. The van der Waals surface area contributed by atoms with E-state index in [-0.39, 0.29) is 12.0 Å². The lowest BCUT2D eigenvalue weighted by Crippen LogP contribution is -2.26. The van der Waals surface area contributed by atoms with Gasteiger partial charge in [0.05, 0.1) is 23.8 Å². The van der Waals surface area contributed by atoms with Crippen LogP contribution in [0, 0.1) is 17.2 Å². The molecule has 0 fully saturated rings. The van der Waals surface area contributed by atoms with Crippen molar-refractivity contribution < 1.29 is 5.11 Å². The average Bonchev–Trinajstić information content (AvgIpc) is 2.51. The molecule has 0 radical (unpaired) electrons. The Morgan fingerprint density at radius 1 is 1.38 bits per heavy atom. The maximum atomic E-state index is 10.1. The summed E-state index contributed by atoms with van der Waals surface area (Å²) in [7, 11) is 0. The molecule has 16 heavy (non-hydrogen) atoms. The highest BCUT2D eigenvalue weighted by Gasteiger charge is 2.39. The molecular weight excluding hydrogens is 200 g/mol. The third kappa shape index (κ3) is 1.51. The molecule has 0 bridgehead atoms. The number of nitrogens with two attached hydrogens (primary N) is 1. The van der Waals surface area contributed by atoms with Crippen molar-refractivity contribution in [3.63, 3.8) is 0 Å². The van der Waals surface area contributed by atoms with Gasteiger partial charge in [0.15, 0.2) is 0 Å². The van der Waals surface area contributed by atoms with E-state index in [0.717, 1.165) is 11.1 Å². The van der Waals surface area contributed by atoms with Crippen molar-refractivity contribution in [1.29, 1.82) is 5.26 Å². The van der Waals surface area contributed by atoms with Crippen LogP contribution in [0.3, 0.4) is 0 Å². The van der Waals surface area contributed by atoms with E-state index in [1.165, 1.54) is 0 Å². The van der Waals surface area contributed by atoms with Crippen LogP contribution in [0.2, 0.25) is 0 Å². The second-order valence-electron chi connectivity index (χ2n) is 4.74. The predicted molar refractivity (Wildman–Crippen MR) is 61.7 cm³/mol. The highest BCUT2D eigenvalue weighted by Crippen LogP contribution is 2.43. The van der Waals surface area contributed by atoms with Crippen LogP contribution in [0.25, 0.3) is 0 Å².